The molecule has 1 aliphatic carbocycles. The van der Waals surface area contributed by atoms with Crippen LogP contribution in [0.25, 0.3) is 0 Å². The molecule has 3 rings (SSSR count). The Morgan fingerprint density at radius 2 is 2.00 bits per heavy atom. The van der Waals surface area contributed by atoms with Crippen LogP contribution in [0.4, 0.5) is 4.79 Å². The molecule has 1 aliphatic heterocycles. The number of carbonyl (C=O) groups excluding carboxylic acids is 1. The standard InChI is InChI=1S/C17H22N2O3/c1-11-4-2-3-5-13(11)8-18-17(22)19-9-14(12-6-7-12)15(10-19)16(20)21/h2-5,12,14-15H,6-10H2,1H3,(H,18,22)(H,20,21)/t14-,15+/m1/s1. The van der Waals surface area contributed by atoms with Crippen molar-refractivity contribution in [2.75, 3.05) is 13.1 Å². The highest BCUT2D eigenvalue weighted by atomic mass is 16.4. The summed E-state index contributed by atoms with van der Waals surface area (Å²) in [4.78, 5) is 25.4. The van der Waals surface area contributed by atoms with Gasteiger partial charge in [0.1, 0.15) is 0 Å². The van der Waals surface area contributed by atoms with Gasteiger partial charge in [-0.1, -0.05) is 24.3 Å². The first-order valence-electron chi connectivity index (χ1n) is 7.86. The van der Waals surface area contributed by atoms with Gasteiger partial charge in [0.25, 0.3) is 0 Å². The number of carboxylic acids is 1. The first-order valence-corrected chi connectivity index (χ1v) is 7.86. The topological polar surface area (TPSA) is 69.6 Å². The van der Waals surface area contributed by atoms with Gasteiger partial charge in [0.05, 0.1) is 5.92 Å². The van der Waals surface area contributed by atoms with Gasteiger partial charge >= 0.3 is 12.0 Å². The number of nitrogens with zero attached hydrogens (tertiary/aromatic N) is 1. The molecule has 22 heavy (non-hydrogen) atoms. The molecule has 0 bridgehead atoms. The Morgan fingerprint density at radius 3 is 2.64 bits per heavy atom. The number of hydrogen-bond donors (Lipinski definition) is 2. The minimum Gasteiger partial charge on any atom is -0.481 e. The van der Waals surface area contributed by atoms with Crippen molar-refractivity contribution >= 4 is 12.0 Å². The predicted molar refractivity (Wildman–Crippen MR) is 82.3 cm³/mol. The second kappa shape index (κ2) is 5.99. The molecule has 2 amide bonds. The van der Waals surface area contributed by atoms with Gasteiger partial charge in [0, 0.05) is 19.6 Å². The quantitative estimate of drug-likeness (QED) is 0.896. The van der Waals surface area contributed by atoms with E-state index in [0.717, 1.165) is 24.0 Å². The Labute approximate surface area is 130 Å². The van der Waals surface area contributed by atoms with E-state index in [1.165, 1.54) is 0 Å². The lowest BCUT2D eigenvalue weighted by Crippen LogP contribution is -2.38. The van der Waals surface area contributed by atoms with Crippen LogP contribution in [0.2, 0.25) is 0 Å². The number of aliphatic carboxylic acids is 1. The fraction of sp³-hybridized carbons (Fsp3) is 0.529. The number of amides is 2. The normalized spacial score (nSPS) is 24.3. The third-order valence-corrected chi connectivity index (χ3v) is 4.89. The SMILES string of the molecule is Cc1ccccc1CNC(=O)N1C[C@H](C(=O)O)[C@@H](C2CC2)C1. The minimum atomic E-state index is -0.772. The lowest BCUT2D eigenvalue weighted by molar-refractivity contribution is -0.142. The van der Waals surface area contributed by atoms with Gasteiger partial charge in [-0.15, -0.1) is 0 Å². The number of carboxylic acid groups (broad SMARTS) is 1. The summed E-state index contributed by atoms with van der Waals surface area (Å²) in [5.74, 6) is -0.556. The van der Waals surface area contributed by atoms with Crippen molar-refractivity contribution in [3.05, 3.63) is 35.4 Å². The molecule has 2 atom stereocenters. The summed E-state index contributed by atoms with van der Waals surface area (Å²) in [6.45, 7) is 3.39. The zero-order valence-corrected chi connectivity index (χ0v) is 12.8. The van der Waals surface area contributed by atoms with Gasteiger partial charge in [0.15, 0.2) is 0 Å². The molecule has 1 aromatic carbocycles. The van der Waals surface area contributed by atoms with Crippen molar-refractivity contribution in [3.63, 3.8) is 0 Å². The van der Waals surface area contributed by atoms with E-state index in [2.05, 4.69) is 5.32 Å². The highest BCUT2D eigenvalue weighted by molar-refractivity contribution is 5.77. The Balaban J connectivity index is 1.59. The molecular formula is C17H22N2O3. The van der Waals surface area contributed by atoms with Gasteiger partial charge in [-0.25, -0.2) is 4.79 Å². The summed E-state index contributed by atoms with van der Waals surface area (Å²) >= 11 is 0. The minimum absolute atomic E-state index is 0.127. The maximum absolute atomic E-state index is 12.3. The van der Waals surface area contributed by atoms with Crippen LogP contribution in [0.3, 0.4) is 0 Å². The van der Waals surface area contributed by atoms with E-state index in [1.807, 2.05) is 31.2 Å². The molecule has 5 nitrogen and oxygen atoms in total. The van der Waals surface area contributed by atoms with Gasteiger partial charge in [-0.05, 0) is 42.7 Å². The molecule has 5 heteroatoms. The van der Waals surface area contributed by atoms with Crippen LogP contribution in [0.15, 0.2) is 24.3 Å². The maximum Gasteiger partial charge on any atom is 0.317 e. The summed E-state index contributed by atoms with van der Waals surface area (Å²) in [5.41, 5.74) is 2.23. The molecule has 1 saturated heterocycles. The number of urea groups is 1. The molecule has 1 heterocycles. The van der Waals surface area contributed by atoms with E-state index in [4.69, 9.17) is 0 Å². The third-order valence-electron chi connectivity index (χ3n) is 4.89. The van der Waals surface area contributed by atoms with E-state index < -0.39 is 11.9 Å². The fourth-order valence-corrected chi connectivity index (χ4v) is 3.35. The fourth-order valence-electron chi connectivity index (χ4n) is 3.35. The summed E-state index contributed by atoms with van der Waals surface area (Å²) in [6, 6.07) is 7.78. The Kier molecular flexibility index (Phi) is 4.05. The van der Waals surface area contributed by atoms with Crippen molar-refractivity contribution in [2.45, 2.75) is 26.3 Å². The van der Waals surface area contributed by atoms with Crippen LogP contribution in [0.1, 0.15) is 24.0 Å². The first-order chi connectivity index (χ1) is 10.6. The van der Waals surface area contributed by atoms with Gasteiger partial charge in [-0.3, -0.25) is 4.79 Å². The number of benzene rings is 1. The molecule has 2 fully saturated rings. The molecule has 0 radical (unpaired) electrons. The van der Waals surface area contributed by atoms with Crippen molar-refractivity contribution in [1.29, 1.82) is 0 Å². The average Bonchev–Trinajstić information content (AvgIpc) is 3.24. The highest BCUT2D eigenvalue weighted by Crippen LogP contribution is 2.44. The second-order valence-electron chi connectivity index (χ2n) is 6.44. The van der Waals surface area contributed by atoms with Crippen molar-refractivity contribution < 1.29 is 14.7 Å². The summed E-state index contributed by atoms with van der Waals surface area (Å²) in [5, 5.41) is 12.3. The average molecular weight is 302 g/mol. The van der Waals surface area contributed by atoms with Crippen LogP contribution in [0, 0.1) is 24.7 Å². The molecule has 1 aromatic rings. The second-order valence-corrected chi connectivity index (χ2v) is 6.44. The molecule has 118 valence electrons. The Hall–Kier alpha value is -2.04. The number of rotatable bonds is 4. The number of hydrogen-bond acceptors (Lipinski definition) is 2. The van der Waals surface area contributed by atoms with Crippen LogP contribution in [-0.2, 0) is 11.3 Å². The van der Waals surface area contributed by atoms with Crippen molar-refractivity contribution in [2.24, 2.45) is 17.8 Å². The lowest BCUT2D eigenvalue weighted by Gasteiger charge is -2.17. The summed E-state index contributed by atoms with van der Waals surface area (Å²) < 4.78 is 0. The largest absolute Gasteiger partial charge is 0.481 e. The summed E-state index contributed by atoms with van der Waals surface area (Å²) in [6.07, 6.45) is 2.21. The third kappa shape index (κ3) is 3.08. The van der Waals surface area contributed by atoms with Crippen LogP contribution < -0.4 is 5.32 Å². The Morgan fingerprint density at radius 1 is 1.27 bits per heavy atom. The van der Waals surface area contributed by atoms with Crippen LogP contribution in [-0.4, -0.2) is 35.1 Å². The molecule has 0 spiro atoms. The summed E-state index contributed by atoms with van der Waals surface area (Å²) in [7, 11) is 0. The zero-order valence-electron chi connectivity index (χ0n) is 12.8. The highest BCUT2D eigenvalue weighted by Gasteiger charge is 2.46. The predicted octanol–water partition coefficient (Wildman–Crippen LogP) is 2.25. The molecule has 0 unspecified atom stereocenters. The lowest BCUT2D eigenvalue weighted by atomic mass is 9.92. The van der Waals surface area contributed by atoms with Gasteiger partial charge in [-0.2, -0.15) is 0 Å². The van der Waals surface area contributed by atoms with Crippen molar-refractivity contribution in [1.82, 2.24) is 10.2 Å². The smallest absolute Gasteiger partial charge is 0.317 e. The zero-order chi connectivity index (χ0) is 15.7. The number of nitrogens with one attached hydrogen (secondary N) is 1. The van der Waals surface area contributed by atoms with Crippen molar-refractivity contribution in [3.8, 4) is 0 Å². The van der Waals surface area contributed by atoms with E-state index in [0.29, 0.717) is 25.6 Å². The van der Waals surface area contributed by atoms with Gasteiger partial charge in [0.2, 0.25) is 0 Å². The van der Waals surface area contributed by atoms with E-state index >= 15 is 0 Å². The van der Waals surface area contributed by atoms with Crippen LogP contribution >= 0.6 is 0 Å². The molecule has 2 N–H and O–H groups in total. The molecule has 2 aliphatic rings. The number of likely N-dealkylation sites (tertiary alicyclic amines) is 1. The Bertz CT molecular complexity index is 583. The maximum atomic E-state index is 12.3. The molecular weight excluding hydrogens is 280 g/mol. The molecule has 1 saturated carbocycles. The number of carbonyl (C=O) groups is 2. The van der Waals surface area contributed by atoms with Crippen LogP contribution in [0.5, 0.6) is 0 Å². The number of aryl methyl sites for hydroxylation is 1. The van der Waals surface area contributed by atoms with E-state index in [-0.39, 0.29) is 11.9 Å². The van der Waals surface area contributed by atoms with Gasteiger partial charge < -0.3 is 15.3 Å². The monoisotopic (exact) mass is 302 g/mol. The molecule has 0 aromatic heterocycles. The first kappa shape index (κ1) is 14.9. The van der Waals surface area contributed by atoms with E-state index in [1.54, 1.807) is 4.90 Å². The van der Waals surface area contributed by atoms with E-state index in [9.17, 15) is 14.7 Å².